The van der Waals surface area contributed by atoms with E-state index in [2.05, 4.69) is 6.58 Å². The summed E-state index contributed by atoms with van der Waals surface area (Å²) in [6.45, 7) is 5.81. The van der Waals surface area contributed by atoms with E-state index in [0.717, 1.165) is 5.57 Å². The van der Waals surface area contributed by atoms with Gasteiger partial charge in [-0.3, -0.25) is 9.59 Å². The van der Waals surface area contributed by atoms with Crippen molar-refractivity contribution in [3.63, 3.8) is 0 Å². The Morgan fingerprint density at radius 2 is 1.82 bits per heavy atom. The predicted molar refractivity (Wildman–Crippen MR) is 89.7 cm³/mol. The molecule has 1 aliphatic carbocycles. The number of nitrogens with zero attached hydrogens (tertiary/aromatic N) is 1. The van der Waals surface area contributed by atoms with Crippen molar-refractivity contribution in [1.29, 1.82) is 0 Å². The lowest BCUT2D eigenvalue weighted by Gasteiger charge is -2.23. The molecule has 1 aromatic rings. The van der Waals surface area contributed by atoms with Gasteiger partial charge in [0.25, 0.3) is 11.8 Å². The van der Waals surface area contributed by atoms with Crippen molar-refractivity contribution in [3.8, 4) is 0 Å². The first-order valence-corrected chi connectivity index (χ1v) is 7.50. The van der Waals surface area contributed by atoms with Crippen molar-refractivity contribution in [2.75, 3.05) is 0 Å². The highest BCUT2D eigenvalue weighted by atomic mass is 32.1. The maximum atomic E-state index is 12.6. The third-order valence-electron chi connectivity index (χ3n) is 4.03. The number of fused-ring (bicyclic) bond motifs is 1. The first-order valence-electron chi connectivity index (χ1n) is 7.10. The lowest BCUT2D eigenvalue weighted by Crippen LogP contribution is -2.33. The average Bonchev–Trinajstić information content (AvgIpc) is 2.79. The van der Waals surface area contributed by atoms with E-state index in [9.17, 15) is 9.59 Å². The van der Waals surface area contributed by atoms with Gasteiger partial charge in [-0.05, 0) is 29.7 Å². The minimum atomic E-state index is -0.304. The Hall–Kier alpha value is -2.33. The molecule has 110 valence electrons. The fraction of sp³-hybridized carbons (Fsp3) is 0.167. The highest BCUT2D eigenvalue weighted by molar-refractivity contribution is 7.80. The maximum absolute atomic E-state index is 12.6. The van der Waals surface area contributed by atoms with Crippen LogP contribution in [0.2, 0.25) is 0 Å². The van der Waals surface area contributed by atoms with Crippen LogP contribution in [0.5, 0.6) is 0 Å². The average molecular weight is 309 g/mol. The molecule has 1 heterocycles. The molecule has 1 atom stereocenters. The summed E-state index contributed by atoms with van der Waals surface area (Å²) >= 11 is 5.37. The monoisotopic (exact) mass is 309 g/mol. The zero-order valence-electron chi connectivity index (χ0n) is 12.2. The number of benzene rings is 1. The molecule has 3 nitrogen and oxygen atoms in total. The molecule has 0 N–H and O–H groups in total. The summed E-state index contributed by atoms with van der Waals surface area (Å²) in [6.07, 6.45) is 6.25. The van der Waals surface area contributed by atoms with Gasteiger partial charge in [-0.1, -0.05) is 43.4 Å². The number of hydrogen-bond donors (Lipinski definition) is 0. The van der Waals surface area contributed by atoms with Gasteiger partial charge in [-0.15, -0.1) is 6.58 Å². The Morgan fingerprint density at radius 1 is 1.23 bits per heavy atom. The largest absolute Gasteiger partial charge is 0.268 e. The second-order valence-corrected chi connectivity index (χ2v) is 5.87. The second-order valence-electron chi connectivity index (χ2n) is 5.38. The van der Waals surface area contributed by atoms with Gasteiger partial charge >= 0.3 is 0 Å². The molecule has 0 fully saturated rings. The third-order valence-corrected chi connectivity index (χ3v) is 4.40. The highest BCUT2D eigenvalue weighted by Gasteiger charge is 2.39. The van der Waals surface area contributed by atoms with Crippen LogP contribution < -0.4 is 0 Å². The van der Waals surface area contributed by atoms with Crippen molar-refractivity contribution in [2.24, 2.45) is 5.92 Å². The Bertz CT molecular complexity index is 738. The van der Waals surface area contributed by atoms with E-state index in [1.54, 1.807) is 24.3 Å². The summed E-state index contributed by atoms with van der Waals surface area (Å²) in [6, 6.07) is 6.86. The number of carbonyl (C=O) groups is 2. The predicted octanol–water partition coefficient (Wildman–Crippen LogP) is 3.69. The van der Waals surface area contributed by atoms with Crippen molar-refractivity contribution < 1.29 is 9.59 Å². The van der Waals surface area contributed by atoms with Crippen LogP contribution in [0.15, 0.2) is 60.3 Å². The van der Waals surface area contributed by atoms with Gasteiger partial charge in [0.1, 0.15) is 0 Å². The quantitative estimate of drug-likeness (QED) is 0.485. The van der Waals surface area contributed by atoms with E-state index in [1.165, 1.54) is 4.90 Å². The molecule has 4 heteroatoms. The minimum absolute atomic E-state index is 0.147. The summed E-state index contributed by atoms with van der Waals surface area (Å²) in [7, 11) is 0. The highest BCUT2D eigenvalue weighted by Crippen LogP contribution is 2.31. The summed E-state index contributed by atoms with van der Waals surface area (Å²) < 4.78 is 0. The molecule has 0 saturated heterocycles. The number of thiocarbonyl (C=S) groups is 1. The fourth-order valence-electron chi connectivity index (χ4n) is 2.66. The Balaban J connectivity index is 2.04. The van der Waals surface area contributed by atoms with E-state index in [1.807, 2.05) is 25.2 Å². The zero-order valence-corrected chi connectivity index (χ0v) is 13.0. The zero-order chi connectivity index (χ0) is 15.9. The van der Waals surface area contributed by atoms with Gasteiger partial charge < -0.3 is 0 Å². The van der Waals surface area contributed by atoms with Gasteiger partial charge in [-0.25, -0.2) is 4.90 Å². The van der Waals surface area contributed by atoms with Crippen molar-refractivity contribution >= 4 is 28.9 Å². The lowest BCUT2D eigenvalue weighted by atomic mass is 9.93. The number of carbonyl (C=O) groups excluding carboxylic acids is 2. The van der Waals surface area contributed by atoms with Crippen molar-refractivity contribution in [1.82, 2.24) is 4.90 Å². The molecule has 3 rings (SSSR count). The van der Waals surface area contributed by atoms with E-state index < -0.39 is 0 Å². The topological polar surface area (TPSA) is 37.4 Å². The Kier molecular flexibility index (Phi) is 3.62. The number of imide groups is 1. The van der Waals surface area contributed by atoms with Crippen LogP contribution in [0, 0.1) is 5.92 Å². The molecular formula is C18H15NO2S. The molecule has 0 saturated carbocycles. The Morgan fingerprint density at radius 3 is 2.36 bits per heavy atom. The van der Waals surface area contributed by atoms with Crippen molar-refractivity contribution in [3.05, 3.63) is 71.5 Å². The van der Waals surface area contributed by atoms with Gasteiger partial charge in [-0.2, -0.15) is 0 Å². The summed E-state index contributed by atoms with van der Waals surface area (Å²) in [5.41, 5.74) is 2.41. The van der Waals surface area contributed by atoms with Crippen LogP contribution >= 0.6 is 12.2 Å². The SMILES string of the molecule is C=C[C@@H](C)C1=CCC(=S)C(N2C(=O)c3ccccc3C2=O)=C1. The lowest BCUT2D eigenvalue weighted by molar-refractivity contribution is 0.0712. The maximum Gasteiger partial charge on any atom is 0.266 e. The summed E-state index contributed by atoms with van der Waals surface area (Å²) in [5, 5.41) is 0. The second kappa shape index (κ2) is 5.46. The first-order chi connectivity index (χ1) is 10.5. The van der Waals surface area contributed by atoms with E-state index in [0.29, 0.717) is 28.1 Å². The van der Waals surface area contributed by atoms with Crippen LogP contribution in [0.25, 0.3) is 0 Å². The number of amides is 2. The fourth-order valence-corrected chi connectivity index (χ4v) is 2.90. The van der Waals surface area contributed by atoms with Crippen LogP contribution in [0.3, 0.4) is 0 Å². The smallest absolute Gasteiger partial charge is 0.266 e. The molecule has 0 radical (unpaired) electrons. The van der Waals surface area contributed by atoms with E-state index in [4.69, 9.17) is 12.2 Å². The van der Waals surface area contributed by atoms with Gasteiger partial charge in [0.15, 0.2) is 0 Å². The molecule has 22 heavy (non-hydrogen) atoms. The van der Waals surface area contributed by atoms with Gasteiger partial charge in [0.2, 0.25) is 0 Å². The standard InChI is InChI=1S/C18H15NO2S/c1-3-11(2)12-8-9-16(22)15(10-12)19-17(20)13-6-4-5-7-14(13)18(19)21/h3-8,10-11H,1,9H2,2H3/t11-/m1/s1. The van der Waals surface area contributed by atoms with Crippen LogP contribution in [0.4, 0.5) is 0 Å². The molecule has 2 aliphatic rings. The summed E-state index contributed by atoms with van der Waals surface area (Å²) in [5.74, 6) is -0.461. The summed E-state index contributed by atoms with van der Waals surface area (Å²) in [4.78, 5) is 26.9. The Labute approximate surface area is 134 Å². The van der Waals surface area contributed by atoms with Gasteiger partial charge in [0, 0.05) is 11.3 Å². The molecule has 1 aromatic carbocycles. The number of rotatable bonds is 3. The van der Waals surface area contributed by atoms with Crippen LogP contribution in [0.1, 0.15) is 34.1 Å². The van der Waals surface area contributed by atoms with Gasteiger partial charge in [0.05, 0.1) is 16.8 Å². The van der Waals surface area contributed by atoms with E-state index in [-0.39, 0.29) is 17.7 Å². The molecule has 0 unspecified atom stereocenters. The minimum Gasteiger partial charge on any atom is -0.268 e. The molecular weight excluding hydrogens is 294 g/mol. The number of hydrogen-bond acceptors (Lipinski definition) is 3. The van der Waals surface area contributed by atoms with Crippen LogP contribution in [-0.2, 0) is 0 Å². The first kappa shape index (κ1) is 14.6. The number of allylic oxidation sites excluding steroid dienone is 5. The van der Waals surface area contributed by atoms with Crippen molar-refractivity contribution in [2.45, 2.75) is 13.3 Å². The normalized spacial score (nSPS) is 18.8. The third kappa shape index (κ3) is 2.16. The molecule has 1 aliphatic heterocycles. The molecule has 0 bridgehead atoms. The molecule has 0 spiro atoms. The molecule has 0 aromatic heterocycles. The van der Waals surface area contributed by atoms with E-state index >= 15 is 0 Å². The molecule has 2 amide bonds. The van der Waals surface area contributed by atoms with Crippen LogP contribution in [-0.4, -0.2) is 21.6 Å².